The number of hydrogen-bond donors (Lipinski definition) is 2. The monoisotopic (exact) mass is 899 g/mol. The number of ether oxygens (including phenoxy) is 2. The number of anilines is 5. The zero-order chi connectivity index (χ0) is 46.1. The van der Waals surface area contributed by atoms with Crippen LogP contribution in [0.5, 0.6) is 5.88 Å². The van der Waals surface area contributed by atoms with E-state index >= 15 is 0 Å². The molecule has 346 valence electrons. The summed E-state index contributed by atoms with van der Waals surface area (Å²) in [6.45, 7) is 14.8. The summed E-state index contributed by atoms with van der Waals surface area (Å²) in [7, 11) is 0. The second-order valence-electron chi connectivity index (χ2n) is 18.5. The molecule has 18 heteroatoms. The number of aromatic nitrogens is 3. The van der Waals surface area contributed by atoms with E-state index in [4.69, 9.17) is 14.5 Å². The number of pyridine rings is 1. The first-order chi connectivity index (χ1) is 31.8. The van der Waals surface area contributed by atoms with Crippen molar-refractivity contribution in [2.45, 2.75) is 65.0 Å². The zero-order valence-electron chi connectivity index (χ0n) is 38.0. The Labute approximate surface area is 384 Å². The number of nitrogens with zero attached hydrogens (tertiary/aromatic N) is 9. The number of carbonyl (C=O) groups is 5. The molecule has 0 radical (unpaired) electrons. The molecule has 3 fully saturated rings. The predicted molar refractivity (Wildman–Crippen MR) is 247 cm³/mol. The lowest BCUT2D eigenvalue weighted by Gasteiger charge is -2.38. The lowest BCUT2D eigenvalue weighted by atomic mass is 9.90. The summed E-state index contributed by atoms with van der Waals surface area (Å²) in [5.41, 5.74) is 7.00. The van der Waals surface area contributed by atoms with E-state index in [1.54, 1.807) is 11.1 Å². The highest BCUT2D eigenvalue weighted by Crippen LogP contribution is 2.40. The average Bonchev–Trinajstić information content (AvgIpc) is 3.31. The first kappa shape index (κ1) is 44.4. The molecule has 4 aromatic rings. The summed E-state index contributed by atoms with van der Waals surface area (Å²) < 4.78 is 11.6. The minimum atomic E-state index is -0.638. The summed E-state index contributed by atoms with van der Waals surface area (Å²) >= 11 is 0. The molecule has 66 heavy (non-hydrogen) atoms. The van der Waals surface area contributed by atoms with Gasteiger partial charge in [0.05, 0.1) is 43.1 Å². The molecule has 0 spiro atoms. The van der Waals surface area contributed by atoms with Crippen LogP contribution in [-0.2, 0) is 32.1 Å². The number of benzene rings is 2. The maximum absolute atomic E-state index is 13.5. The van der Waals surface area contributed by atoms with Crippen molar-refractivity contribution in [3.63, 3.8) is 0 Å². The Morgan fingerprint density at radius 1 is 0.833 bits per heavy atom. The van der Waals surface area contributed by atoms with Crippen molar-refractivity contribution in [2.75, 3.05) is 98.6 Å². The van der Waals surface area contributed by atoms with Gasteiger partial charge in [0.1, 0.15) is 17.9 Å². The second-order valence-corrected chi connectivity index (χ2v) is 18.5. The van der Waals surface area contributed by atoms with Crippen molar-refractivity contribution in [1.29, 1.82) is 0 Å². The number of fused-ring (bicyclic) bond motifs is 2. The molecule has 0 saturated carbocycles. The fraction of sp³-hybridized carbons (Fsp3) is 0.458. The highest BCUT2D eigenvalue weighted by atomic mass is 16.6. The first-order valence-corrected chi connectivity index (χ1v) is 22.8. The topological polar surface area (TPSA) is 186 Å². The van der Waals surface area contributed by atoms with Gasteiger partial charge in [0.25, 0.3) is 5.91 Å². The average molecular weight is 900 g/mol. The lowest BCUT2D eigenvalue weighted by molar-refractivity contribution is -0.134. The van der Waals surface area contributed by atoms with Crippen LogP contribution >= 0.6 is 0 Å². The van der Waals surface area contributed by atoms with Crippen LogP contribution in [0.1, 0.15) is 72.3 Å². The van der Waals surface area contributed by atoms with Crippen molar-refractivity contribution in [3.05, 3.63) is 88.9 Å². The van der Waals surface area contributed by atoms with Gasteiger partial charge < -0.3 is 34.4 Å². The second kappa shape index (κ2) is 18.6. The molecule has 7 heterocycles. The first-order valence-electron chi connectivity index (χ1n) is 22.8. The third-order valence-electron chi connectivity index (χ3n) is 12.9. The van der Waals surface area contributed by atoms with E-state index in [0.29, 0.717) is 115 Å². The van der Waals surface area contributed by atoms with Crippen molar-refractivity contribution in [2.24, 2.45) is 0 Å². The Balaban J connectivity index is 0.737. The summed E-state index contributed by atoms with van der Waals surface area (Å²) in [6, 6.07) is 15.3. The minimum absolute atomic E-state index is 0.0494. The molecule has 3 saturated heterocycles. The molecular formula is C48H57N11O7. The van der Waals surface area contributed by atoms with Crippen molar-refractivity contribution < 1.29 is 33.4 Å². The molecule has 9 rings (SSSR count). The molecule has 0 aliphatic carbocycles. The lowest BCUT2D eigenvalue weighted by Crippen LogP contribution is -2.54. The molecule has 2 aromatic heterocycles. The molecule has 18 nitrogen and oxygen atoms in total. The van der Waals surface area contributed by atoms with Gasteiger partial charge in [-0.15, -0.1) is 0 Å². The maximum Gasteiger partial charge on any atom is 0.415 e. The quantitative estimate of drug-likeness (QED) is 0.239. The van der Waals surface area contributed by atoms with Gasteiger partial charge in [0.15, 0.2) is 0 Å². The highest BCUT2D eigenvalue weighted by Gasteiger charge is 2.34. The van der Waals surface area contributed by atoms with Crippen LogP contribution in [0.3, 0.4) is 0 Å². The Hall–Kier alpha value is -6.82. The van der Waals surface area contributed by atoms with Crippen LogP contribution in [0.15, 0.2) is 60.9 Å². The van der Waals surface area contributed by atoms with Gasteiger partial charge in [0.2, 0.25) is 29.5 Å². The highest BCUT2D eigenvalue weighted by molar-refractivity contribution is 6.01. The van der Waals surface area contributed by atoms with Crippen molar-refractivity contribution in [1.82, 2.24) is 35.0 Å². The van der Waals surface area contributed by atoms with Gasteiger partial charge in [-0.3, -0.25) is 34.3 Å². The molecule has 1 atom stereocenters. The summed E-state index contributed by atoms with van der Waals surface area (Å²) in [4.78, 5) is 89.9. The van der Waals surface area contributed by atoms with E-state index in [0.717, 1.165) is 52.4 Å². The van der Waals surface area contributed by atoms with Crippen LogP contribution in [-0.4, -0.2) is 144 Å². The van der Waals surface area contributed by atoms with Gasteiger partial charge in [-0.25, -0.2) is 19.7 Å². The summed E-state index contributed by atoms with van der Waals surface area (Å²) in [5.74, 6) is 0.142. The largest absolute Gasteiger partial charge is 0.474 e. The Kier molecular flexibility index (Phi) is 12.5. The number of hydrogen-bond acceptors (Lipinski definition) is 14. The maximum atomic E-state index is 13.5. The van der Waals surface area contributed by atoms with E-state index in [1.165, 1.54) is 0 Å². The van der Waals surface area contributed by atoms with E-state index in [-0.39, 0.29) is 29.5 Å². The van der Waals surface area contributed by atoms with Gasteiger partial charge >= 0.3 is 6.09 Å². The predicted octanol–water partition coefficient (Wildman–Crippen LogP) is 4.25. The van der Waals surface area contributed by atoms with Gasteiger partial charge in [0, 0.05) is 94.0 Å². The normalized spacial score (nSPS) is 19.1. The molecule has 2 N–H and O–H groups in total. The molecule has 5 amide bonds. The van der Waals surface area contributed by atoms with Crippen LogP contribution in [0.2, 0.25) is 0 Å². The minimum Gasteiger partial charge on any atom is -0.474 e. The number of rotatable bonds is 8. The van der Waals surface area contributed by atoms with Crippen LogP contribution in [0, 0.1) is 6.92 Å². The molecule has 5 aliphatic rings. The summed E-state index contributed by atoms with van der Waals surface area (Å²) in [6.07, 6.45) is 4.84. The number of amides is 5. The van der Waals surface area contributed by atoms with Crippen LogP contribution < -0.4 is 30.1 Å². The SMILES string of the molecule is Cc1c(N2CCc3cnc(Nc4ccc(C(=O)N5CCN(CC(=O)N6CCN(c7ccc(C8CCC(=O)NC8=O)cc7)CC6)CC5)cc4)nc3C2)cnc2c1N(C(=O)OC(C)(C)C)CCO2. The smallest absolute Gasteiger partial charge is 0.415 e. The van der Waals surface area contributed by atoms with Crippen molar-refractivity contribution >= 4 is 58.4 Å². The molecule has 2 aromatic carbocycles. The number of nitrogens with one attached hydrogen (secondary N) is 2. The fourth-order valence-electron chi connectivity index (χ4n) is 9.27. The number of carbonyl (C=O) groups excluding carboxylic acids is 5. The van der Waals surface area contributed by atoms with Crippen molar-refractivity contribution in [3.8, 4) is 5.88 Å². The summed E-state index contributed by atoms with van der Waals surface area (Å²) in [5, 5.41) is 5.73. The number of piperidine rings is 1. The Morgan fingerprint density at radius 2 is 1.56 bits per heavy atom. The van der Waals surface area contributed by atoms with Crippen LogP contribution in [0.4, 0.5) is 33.5 Å². The Morgan fingerprint density at radius 3 is 2.27 bits per heavy atom. The third kappa shape index (κ3) is 9.73. The van der Waals surface area contributed by atoms with E-state index in [1.807, 2.05) is 92.2 Å². The molecule has 0 bridgehead atoms. The third-order valence-corrected chi connectivity index (χ3v) is 12.9. The van der Waals surface area contributed by atoms with Gasteiger partial charge in [-0.2, -0.15) is 0 Å². The van der Waals surface area contributed by atoms with E-state index in [9.17, 15) is 24.0 Å². The fourth-order valence-corrected chi connectivity index (χ4v) is 9.27. The number of piperazine rings is 2. The van der Waals surface area contributed by atoms with Crippen LogP contribution in [0.25, 0.3) is 0 Å². The number of imide groups is 1. The van der Waals surface area contributed by atoms with E-state index < -0.39 is 11.7 Å². The standard InChI is InChI=1S/C48H57N11O7/c1-31-39(28-49-44-42(31)59(25-26-65-44)47(64)66-48(2,3)4)58-16-15-34-27-50-46(52-38(34)29-58)51-35-9-5-33(6-10-35)45(63)57-19-17-54(18-20-57)30-41(61)56-23-21-55(22-24-56)36-11-7-32(8-12-36)37-13-14-40(60)53-43(37)62/h5-12,27-28,37H,13-26,29-30H2,1-4H3,(H,50,51,52)(H,53,60,62). The molecular weight excluding hydrogens is 843 g/mol. The zero-order valence-corrected chi connectivity index (χ0v) is 38.0. The van der Waals surface area contributed by atoms with Gasteiger partial charge in [-0.05, 0) is 88.1 Å². The Bertz CT molecular complexity index is 2500. The van der Waals surface area contributed by atoms with E-state index in [2.05, 4.69) is 35.3 Å². The van der Waals surface area contributed by atoms with Gasteiger partial charge in [-0.1, -0.05) is 12.1 Å². The molecule has 1 unspecified atom stereocenters. The molecule has 5 aliphatic heterocycles.